The Labute approximate surface area is 98.0 Å². The zero-order valence-electron chi connectivity index (χ0n) is 7.09. The number of H-pyrrole nitrogens is 1. The summed E-state index contributed by atoms with van der Waals surface area (Å²) in [4.78, 5) is 0. The highest BCUT2D eigenvalue weighted by Gasteiger charge is 2.03. The van der Waals surface area contributed by atoms with E-state index < -0.39 is 0 Å². The number of rotatable bonds is 1. The summed E-state index contributed by atoms with van der Waals surface area (Å²) in [6.07, 6.45) is 0. The van der Waals surface area contributed by atoms with Crippen LogP contribution in [0.4, 0.5) is 5.82 Å². The van der Waals surface area contributed by atoms with E-state index in [0.717, 1.165) is 20.2 Å². The van der Waals surface area contributed by atoms with Crippen LogP contribution in [-0.4, -0.2) is 10.2 Å². The van der Waals surface area contributed by atoms with E-state index in [1.807, 2.05) is 18.2 Å². The van der Waals surface area contributed by atoms with Crippen molar-refractivity contribution in [3.05, 3.63) is 33.2 Å². The summed E-state index contributed by atoms with van der Waals surface area (Å²) in [6, 6.07) is 7.77. The van der Waals surface area contributed by atoms with E-state index in [2.05, 4.69) is 42.1 Å². The van der Waals surface area contributed by atoms with Crippen LogP contribution in [0.2, 0.25) is 0 Å². The van der Waals surface area contributed by atoms with Crippen LogP contribution in [0.5, 0.6) is 0 Å². The van der Waals surface area contributed by atoms with Crippen molar-refractivity contribution in [2.24, 2.45) is 0 Å². The van der Waals surface area contributed by atoms with Gasteiger partial charge in [-0.15, -0.1) is 0 Å². The molecular formula is C9H7Br2N3. The number of aromatic amines is 1. The number of nitrogen functional groups attached to an aromatic ring is 1. The van der Waals surface area contributed by atoms with Gasteiger partial charge in [-0.2, -0.15) is 5.10 Å². The van der Waals surface area contributed by atoms with Crippen LogP contribution in [0, 0.1) is 0 Å². The van der Waals surface area contributed by atoms with E-state index in [1.54, 1.807) is 6.07 Å². The number of halogens is 2. The Bertz CT molecular complexity index is 445. The van der Waals surface area contributed by atoms with Crippen LogP contribution in [0.1, 0.15) is 0 Å². The maximum Gasteiger partial charge on any atom is 0.145 e. The van der Waals surface area contributed by atoms with Gasteiger partial charge in [-0.3, -0.25) is 5.10 Å². The molecule has 0 atom stereocenters. The molecule has 0 fully saturated rings. The van der Waals surface area contributed by atoms with Crippen molar-refractivity contribution < 1.29 is 0 Å². The first-order valence-corrected chi connectivity index (χ1v) is 5.51. The van der Waals surface area contributed by atoms with Gasteiger partial charge in [0.25, 0.3) is 0 Å². The highest BCUT2D eigenvalue weighted by atomic mass is 79.9. The predicted octanol–water partition coefficient (Wildman–Crippen LogP) is 3.18. The van der Waals surface area contributed by atoms with Crippen LogP contribution in [0.3, 0.4) is 0 Å². The van der Waals surface area contributed by atoms with Crippen molar-refractivity contribution in [3.63, 3.8) is 0 Å². The molecule has 72 valence electrons. The Balaban J connectivity index is 2.51. The molecule has 14 heavy (non-hydrogen) atoms. The Kier molecular flexibility index (Phi) is 2.60. The fourth-order valence-corrected chi connectivity index (χ4v) is 2.49. The minimum atomic E-state index is 0.496. The Hall–Kier alpha value is -0.810. The number of hydrogen-bond donors (Lipinski definition) is 2. The number of aromatic nitrogens is 2. The summed E-state index contributed by atoms with van der Waals surface area (Å²) in [5, 5.41) is 6.73. The summed E-state index contributed by atoms with van der Waals surface area (Å²) in [5.41, 5.74) is 7.47. The van der Waals surface area contributed by atoms with Crippen LogP contribution >= 0.6 is 31.9 Å². The molecule has 1 aromatic heterocycles. The Morgan fingerprint density at radius 1 is 1.07 bits per heavy atom. The monoisotopic (exact) mass is 315 g/mol. The van der Waals surface area contributed by atoms with Crippen LogP contribution < -0.4 is 5.73 Å². The SMILES string of the molecule is Nc1cc(-c2cc(Br)cc(Br)c2)[nH]n1. The second-order valence-electron chi connectivity index (χ2n) is 2.86. The number of nitrogens with zero attached hydrogens (tertiary/aromatic N) is 1. The molecule has 0 unspecified atom stereocenters. The fraction of sp³-hybridized carbons (Fsp3) is 0. The highest BCUT2D eigenvalue weighted by molar-refractivity contribution is 9.11. The topological polar surface area (TPSA) is 54.7 Å². The number of anilines is 1. The zero-order chi connectivity index (χ0) is 10.1. The lowest BCUT2D eigenvalue weighted by atomic mass is 10.2. The van der Waals surface area contributed by atoms with Gasteiger partial charge in [0.15, 0.2) is 0 Å². The molecule has 2 aromatic rings. The molecule has 5 heteroatoms. The van der Waals surface area contributed by atoms with Gasteiger partial charge in [-0.05, 0) is 18.2 Å². The van der Waals surface area contributed by atoms with Crippen molar-refractivity contribution in [1.82, 2.24) is 10.2 Å². The predicted molar refractivity (Wildman–Crippen MR) is 63.8 cm³/mol. The van der Waals surface area contributed by atoms with Gasteiger partial charge in [0.2, 0.25) is 0 Å². The Morgan fingerprint density at radius 3 is 2.21 bits per heavy atom. The smallest absolute Gasteiger partial charge is 0.145 e. The molecule has 3 nitrogen and oxygen atoms in total. The molecule has 0 aliphatic carbocycles. The van der Waals surface area contributed by atoms with Gasteiger partial charge >= 0.3 is 0 Å². The first-order valence-electron chi connectivity index (χ1n) is 3.92. The van der Waals surface area contributed by atoms with E-state index in [9.17, 15) is 0 Å². The molecule has 0 aliphatic rings. The number of hydrogen-bond acceptors (Lipinski definition) is 2. The Morgan fingerprint density at radius 2 is 1.71 bits per heavy atom. The normalized spacial score (nSPS) is 10.4. The molecule has 0 radical (unpaired) electrons. The third-order valence-corrected chi connectivity index (χ3v) is 2.69. The average Bonchev–Trinajstić information content (AvgIpc) is 2.50. The minimum Gasteiger partial charge on any atom is -0.382 e. The molecule has 1 heterocycles. The summed E-state index contributed by atoms with van der Waals surface area (Å²) in [6.45, 7) is 0. The standard InChI is InChI=1S/C9H7Br2N3/c10-6-1-5(2-7(11)3-6)8-4-9(12)14-13-8/h1-4H,(H3,12,13,14). The number of nitrogens with one attached hydrogen (secondary N) is 1. The molecule has 0 bridgehead atoms. The third kappa shape index (κ3) is 1.99. The summed E-state index contributed by atoms with van der Waals surface area (Å²) in [5.74, 6) is 0.496. The van der Waals surface area contributed by atoms with Crippen molar-refractivity contribution in [2.75, 3.05) is 5.73 Å². The van der Waals surface area contributed by atoms with Gasteiger partial charge in [0.1, 0.15) is 5.82 Å². The van der Waals surface area contributed by atoms with Crippen molar-refractivity contribution in [3.8, 4) is 11.3 Å². The molecule has 0 aliphatic heterocycles. The van der Waals surface area contributed by atoms with Crippen LogP contribution in [0.15, 0.2) is 33.2 Å². The van der Waals surface area contributed by atoms with Crippen molar-refractivity contribution in [2.45, 2.75) is 0 Å². The second kappa shape index (κ2) is 3.74. The average molecular weight is 317 g/mol. The van der Waals surface area contributed by atoms with E-state index in [0.29, 0.717) is 5.82 Å². The second-order valence-corrected chi connectivity index (χ2v) is 4.70. The number of nitrogens with two attached hydrogens (primary N) is 1. The lowest BCUT2D eigenvalue weighted by molar-refractivity contribution is 1.10. The molecule has 0 spiro atoms. The highest BCUT2D eigenvalue weighted by Crippen LogP contribution is 2.26. The minimum absolute atomic E-state index is 0.496. The van der Waals surface area contributed by atoms with E-state index >= 15 is 0 Å². The maximum absolute atomic E-state index is 5.53. The van der Waals surface area contributed by atoms with E-state index in [1.165, 1.54) is 0 Å². The van der Waals surface area contributed by atoms with Crippen molar-refractivity contribution >= 4 is 37.7 Å². The summed E-state index contributed by atoms with van der Waals surface area (Å²) < 4.78 is 2.02. The lowest BCUT2D eigenvalue weighted by Crippen LogP contribution is -1.81. The molecule has 0 saturated carbocycles. The maximum atomic E-state index is 5.53. The molecule has 2 rings (SSSR count). The van der Waals surface area contributed by atoms with Gasteiger partial charge in [-0.25, -0.2) is 0 Å². The third-order valence-electron chi connectivity index (χ3n) is 1.77. The van der Waals surface area contributed by atoms with Gasteiger partial charge in [-0.1, -0.05) is 31.9 Å². The van der Waals surface area contributed by atoms with Gasteiger partial charge in [0, 0.05) is 20.6 Å². The molecule has 0 saturated heterocycles. The van der Waals surface area contributed by atoms with E-state index in [4.69, 9.17) is 5.73 Å². The van der Waals surface area contributed by atoms with Crippen molar-refractivity contribution in [1.29, 1.82) is 0 Å². The molecule has 3 N–H and O–H groups in total. The summed E-state index contributed by atoms with van der Waals surface area (Å²) in [7, 11) is 0. The van der Waals surface area contributed by atoms with Crippen LogP contribution in [-0.2, 0) is 0 Å². The van der Waals surface area contributed by atoms with Gasteiger partial charge < -0.3 is 5.73 Å². The summed E-state index contributed by atoms with van der Waals surface area (Å²) >= 11 is 6.84. The lowest BCUT2D eigenvalue weighted by Gasteiger charge is -1.99. The zero-order valence-corrected chi connectivity index (χ0v) is 10.3. The first-order chi connectivity index (χ1) is 6.65. The van der Waals surface area contributed by atoms with E-state index in [-0.39, 0.29) is 0 Å². The molecular weight excluding hydrogens is 310 g/mol. The number of benzene rings is 1. The molecule has 1 aromatic carbocycles. The quantitative estimate of drug-likeness (QED) is 0.849. The van der Waals surface area contributed by atoms with Gasteiger partial charge in [0.05, 0.1) is 5.69 Å². The first kappa shape index (κ1) is 9.73. The molecule has 0 amide bonds. The largest absolute Gasteiger partial charge is 0.382 e. The van der Waals surface area contributed by atoms with Crippen LogP contribution in [0.25, 0.3) is 11.3 Å². The fourth-order valence-electron chi connectivity index (χ4n) is 1.19.